The van der Waals surface area contributed by atoms with Crippen LogP contribution >= 0.6 is 0 Å². The fraction of sp³-hybridized carbons (Fsp3) is 0.129. The van der Waals surface area contributed by atoms with E-state index in [0.717, 1.165) is 32.4 Å². The number of carboxylic acids is 1. The Morgan fingerprint density at radius 3 is 1.45 bits per heavy atom. The van der Waals surface area contributed by atoms with Gasteiger partial charge < -0.3 is 43.5 Å². The average Bonchev–Trinajstić information content (AvgIpc) is 3.09. The number of aromatic nitrogens is 2. The third-order valence-electron chi connectivity index (χ3n) is 6.80. The molecule has 20 heteroatoms. The van der Waals surface area contributed by atoms with Gasteiger partial charge in [0.2, 0.25) is 11.8 Å². The second-order valence-corrected chi connectivity index (χ2v) is 10.1. The number of para-hydroxylation sites is 2. The Bertz CT molecular complexity index is 2350. The number of rotatable bonds is 9. The summed E-state index contributed by atoms with van der Waals surface area (Å²) in [6.45, 7) is -1.82. The van der Waals surface area contributed by atoms with Crippen LogP contribution in [0.3, 0.4) is 0 Å². The Labute approximate surface area is 280 Å². The Balaban J connectivity index is 1.37. The monoisotopic (exact) mass is 706 g/mol. The highest BCUT2D eigenvalue weighted by Crippen LogP contribution is 2.24. The van der Waals surface area contributed by atoms with Gasteiger partial charge in [-0.25, -0.2) is 33.1 Å². The van der Waals surface area contributed by atoms with Crippen LogP contribution in [0.5, 0.6) is 11.5 Å². The van der Waals surface area contributed by atoms with Crippen LogP contribution in [0.15, 0.2) is 82.6 Å². The zero-order chi connectivity index (χ0) is 37.0. The number of carbonyl (C=O) groups excluding carboxylic acids is 4. The summed E-state index contributed by atoms with van der Waals surface area (Å²) in [5.41, 5.74) is -3.58. The molecule has 0 aliphatic rings. The van der Waals surface area contributed by atoms with Crippen LogP contribution in [-0.2, 0) is 32.2 Å². The van der Waals surface area contributed by atoms with Crippen molar-refractivity contribution >= 4 is 63.4 Å². The highest BCUT2D eigenvalue weighted by atomic mass is 16.7. The van der Waals surface area contributed by atoms with E-state index in [1.807, 2.05) is 0 Å². The molecule has 20 nitrogen and oxygen atoms in total. The van der Waals surface area contributed by atoms with E-state index in [1.165, 1.54) is 36.4 Å². The number of anilines is 2. The minimum atomic E-state index is -1.48. The summed E-state index contributed by atoms with van der Waals surface area (Å²) in [4.78, 5) is 112. The fourth-order valence-corrected chi connectivity index (χ4v) is 4.60. The van der Waals surface area contributed by atoms with Gasteiger partial charge in [0, 0.05) is 11.4 Å². The Morgan fingerprint density at radius 1 is 0.667 bits per heavy atom. The number of aromatic carboxylic acids is 1. The van der Waals surface area contributed by atoms with Crippen molar-refractivity contribution in [3.05, 3.63) is 102 Å². The summed E-state index contributed by atoms with van der Waals surface area (Å²) in [6, 6.07) is 10.7. The molecule has 2 heterocycles. The van der Waals surface area contributed by atoms with E-state index < -0.39 is 71.4 Å². The van der Waals surface area contributed by atoms with Gasteiger partial charge in [-0.3, -0.25) is 19.2 Å². The lowest BCUT2D eigenvalue weighted by Crippen LogP contribution is -2.37. The van der Waals surface area contributed by atoms with Crippen molar-refractivity contribution in [3.63, 3.8) is 0 Å². The van der Waals surface area contributed by atoms with Gasteiger partial charge in [-0.05, 0) is 42.5 Å². The summed E-state index contributed by atoms with van der Waals surface area (Å²) in [6.07, 6.45) is -2.30. The molecule has 0 saturated carbocycles. The Hall–Kier alpha value is -7.51. The number of nitrogens with one attached hydrogen (secondary N) is 2. The minimum Gasteiger partial charge on any atom is -0.478 e. The van der Waals surface area contributed by atoms with Crippen LogP contribution in [-0.4, -0.2) is 58.6 Å². The Morgan fingerprint density at radius 2 is 1.08 bits per heavy atom. The van der Waals surface area contributed by atoms with Crippen molar-refractivity contribution < 1.29 is 56.9 Å². The van der Waals surface area contributed by atoms with E-state index in [4.69, 9.17) is 18.3 Å². The zero-order valence-corrected chi connectivity index (χ0v) is 26.1. The number of amides is 2. The van der Waals surface area contributed by atoms with Crippen molar-refractivity contribution in [2.75, 3.05) is 24.9 Å². The first-order chi connectivity index (χ1) is 24.3. The minimum absolute atomic E-state index is 0.206. The highest BCUT2D eigenvalue weighted by Gasteiger charge is 2.20. The molecule has 2 aromatic heterocycles. The van der Waals surface area contributed by atoms with Crippen LogP contribution in [0.1, 0.15) is 10.4 Å². The fourth-order valence-electron chi connectivity index (χ4n) is 4.60. The van der Waals surface area contributed by atoms with Crippen LogP contribution in [0.2, 0.25) is 0 Å². The molecule has 5 rings (SSSR count). The van der Waals surface area contributed by atoms with Gasteiger partial charge in [-0.15, -0.1) is 0 Å². The maximum absolute atomic E-state index is 13.1. The van der Waals surface area contributed by atoms with E-state index in [2.05, 4.69) is 20.1 Å². The summed E-state index contributed by atoms with van der Waals surface area (Å²) < 4.78 is 29.7. The van der Waals surface area contributed by atoms with Crippen LogP contribution in [0.4, 0.5) is 21.0 Å². The van der Waals surface area contributed by atoms with Crippen LogP contribution < -0.4 is 42.7 Å². The van der Waals surface area contributed by atoms with Crippen molar-refractivity contribution in [1.29, 1.82) is 0 Å². The second kappa shape index (κ2) is 14.3. The first kappa shape index (κ1) is 34.8. The lowest BCUT2D eigenvalue weighted by Gasteiger charge is -2.12. The number of benzene rings is 3. The van der Waals surface area contributed by atoms with Gasteiger partial charge in [0.1, 0.15) is 13.1 Å². The van der Waals surface area contributed by atoms with Gasteiger partial charge in [0.05, 0.1) is 30.6 Å². The maximum atomic E-state index is 13.1. The quantitative estimate of drug-likeness (QED) is 0.145. The second-order valence-electron chi connectivity index (χ2n) is 10.1. The molecular formula is C31H22N4O16. The normalized spacial score (nSPS) is 10.7. The number of fused-ring (bicyclic) bond motifs is 2. The molecule has 0 atom stereocenters. The SMILES string of the molecule is COC(=O)Oc1cccc2c(=O)n(CC(=O)Nc3cc(NC(=O)Cn4c(=O)oc5c(OC(=O)OC)cccc5c4=O)cc(C(=O)O)c3)c(=O)oc12. The van der Waals surface area contributed by atoms with Crippen LogP contribution in [0, 0.1) is 0 Å². The molecule has 0 unspecified atom stereocenters. The number of carboxylic acid groups (broad SMARTS) is 1. The van der Waals surface area contributed by atoms with Gasteiger partial charge in [0.15, 0.2) is 22.7 Å². The smallest absolute Gasteiger partial charge is 0.478 e. The van der Waals surface area contributed by atoms with Crippen LogP contribution in [0.25, 0.3) is 21.9 Å². The van der Waals surface area contributed by atoms with E-state index in [-0.39, 0.29) is 44.8 Å². The lowest BCUT2D eigenvalue weighted by atomic mass is 10.1. The molecule has 0 bridgehead atoms. The van der Waals surface area contributed by atoms with E-state index >= 15 is 0 Å². The third kappa shape index (κ3) is 7.48. The standard InChI is InChI=1S/C31H22N4O16/c1-46-30(44)48-19-7-3-5-17-23(19)50-28(42)34(25(17)38)12-21(36)32-15-9-14(27(40)41)10-16(11-15)33-22(37)13-35-26(39)18-6-4-8-20(49-31(45)47-2)24(18)51-29(35)43/h3-11H,12-13H2,1-2H3,(H,32,36)(H,33,37)(H,40,41). The molecule has 0 aliphatic heterocycles. The number of nitrogens with zero attached hydrogens (tertiary/aromatic N) is 2. The number of hydrogen-bond donors (Lipinski definition) is 3. The summed E-state index contributed by atoms with van der Waals surface area (Å²) in [7, 11) is 2.07. The number of ether oxygens (including phenoxy) is 4. The van der Waals surface area contributed by atoms with Gasteiger partial charge >= 0.3 is 29.8 Å². The first-order valence-electron chi connectivity index (χ1n) is 14.1. The number of carbonyl (C=O) groups is 5. The molecule has 3 N–H and O–H groups in total. The molecule has 0 saturated heterocycles. The van der Waals surface area contributed by atoms with Crippen molar-refractivity contribution in [2.45, 2.75) is 13.1 Å². The van der Waals surface area contributed by atoms with E-state index in [1.54, 1.807) is 0 Å². The third-order valence-corrected chi connectivity index (χ3v) is 6.80. The highest BCUT2D eigenvalue weighted by molar-refractivity contribution is 5.98. The summed E-state index contributed by atoms with van der Waals surface area (Å²) >= 11 is 0. The molecule has 3 aromatic carbocycles. The van der Waals surface area contributed by atoms with E-state index in [9.17, 15) is 48.3 Å². The number of hydrogen-bond acceptors (Lipinski definition) is 15. The van der Waals surface area contributed by atoms with Crippen molar-refractivity contribution in [3.8, 4) is 11.5 Å². The molecule has 0 aliphatic carbocycles. The largest absolute Gasteiger partial charge is 0.513 e. The molecule has 2 amide bonds. The van der Waals surface area contributed by atoms with Gasteiger partial charge in [-0.1, -0.05) is 12.1 Å². The molecule has 0 spiro atoms. The zero-order valence-electron chi connectivity index (χ0n) is 26.1. The summed E-state index contributed by atoms with van der Waals surface area (Å²) in [5.74, 6) is -6.66. The van der Waals surface area contributed by atoms with E-state index in [0.29, 0.717) is 9.13 Å². The van der Waals surface area contributed by atoms with Crippen molar-refractivity contribution in [1.82, 2.24) is 9.13 Å². The molecule has 5 aromatic rings. The topological polar surface area (TPSA) is 271 Å². The molecule has 262 valence electrons. The van der Waals surface area contributed by atoms with Gasteiger partial charge in [-0.2, -0.15) is 0 Å². The molecule has 0 fully saturated rings. The first-order valence-corrected chi connectivity index (χ1v) is 14.1. The summed E-state index contributed by atoms with van der Waals surface area (Å²) in [5, 5.41) is 13.8. The van der Waals surface area contributed by atoms with Gasteiger partial charge in [0.25, 0.3) is 11.1 Å². The molecule has 51 heavy (non-hydrogen) atoms. The predicted octanol–water partition coefficient (Wildman–Crippen LogP) is 1.49. The number of methoxy groups -OCH3 is 2. The maximum Gasteiger partial charge on any atom is 0.513 e. The lowest BCUT2D eigenvalue weighted by molar-refractivity contribution is -0.117. The average molecular weight is 707 g/mol. The Kier molecular flexibility index (Phi) is 9.77. The molecular weight excluding hydrogens is 684 g/mol. The van der Waals surface area contributed by atoms with Crippen molar-refractivity contribution in [2.24, 2.45) is 0 Å². The predicted molar refractivity (Wildman–Crippen MR) is 170 cm³/mol. The molecule has 0 radical (unpaired) electrons.